The van der Waals surface area contributed by atoms with Crippen molar-refractivity contribution in [3.05, 3.63) is 0 Å². The fourth-order valence-electron chi connectivity index (χ4n) is 0.794. The molecule has 0 heterocycles. The number of rotatable bonds is 6. The Morgan fingerprint density at radius 1 is 1.31 bits per heavy atom. The Morgan fingerprint density at radius 3 is 2.19 bits per heavy atom. The lowest BCUT2D eigenvalue weighted by atomic mass is 9.90. The van der Waals surface area contributed by atoms with Gasteiger partial charge >= 0.3 is 19.8 Å². The van der Waals surface area contributed by atoms with Crippen molar-refractivity contribution < 1.29 is 38.3 Å². The van der Waals surface area contributed by atoms with Gasteiger partial charge in [-0.15, -0.1) is 0 Å². The van der Waals surface area contributed by atoms with Crippen LogP contribution in [0.15, 0.2) is 0 Å². The molecule has 0 aromatic heterocycles. The van der Waals surface area contributed by atoms with Crippen molar-refractivity contribution >= 4 is 19.8 Å². The lowest BCUT2D eigenvalue weighted by Gasteiger charge is -2.20. The minimum absolute atomic E-state index is 0.457. The van der Waals surface area contributed by atoms with Crippen LogP contribution in [0, 0.1) is 5.41 Å². The van der Waals surface area contributed by atoms with Gasteiger partial charge in [0.15, 0.2) is 0 Å². The van der Waals surface area contributed by atoms with Gasteiger partial charge in [0.25, 0.3) is 0 Å². The molecule has 16 heavy (non-hydrogen) atoms. The van der Waals surface area contributed by atoms with E-state index >= 15 is 0 Å². The number of phosphoric ester groups is 1. The SMILES string of the molecule is CC(C)(CC(=O)O)C(=O)OCOP(=O)(O)O. The van der Waals surface area contributed by atoms with Gasteiger partial charge in [-0.3, -0.25) is 9.59 Å². The molecular weight excluding hydrogens is 243 g/mol. The summed E-state index contributed by atoms with van der Waals surface area (Å²) in [5.74, 6) is -2.10. The largest absolute Gasteiger partial charge is 0.481 e. The molecule has 0 aliphatic heterocycles. The molecule has 0 radical (unpaired) electrons. The summed E-state index contributed by atoms with van der Waals surface area (Å²) in [6, 6.07) is 0. The summed E-state index contributed by atoms with van der Waals surface area (Å²) in [7, 11) is -4.70. The number of hydrogen-bond donors (Lipinski definition) is 3. The fraction of sp³-hybridized carbons (Fsp3) is 0.714. The molecule has 94 valence electrons. The lowest BCUT2D eigenvalue weighted by Crippen LogP contribution is -2.29. The second-order valence-corrected chi connectivity index (χ2v) is 4.86. The highest BCUT2D eigenvalue weighted by molar-refractivity contribution is 7.46. The number of phosphoric acid groups is 1. The van der Waals surface area contributed by atoms with Crippen LogP contribution in [0.2, 0.25) is 0 Å². The third-order valence-corrected chi connectivity index (χ3v) is 2.00. The first-order valence-electron chi connectivity index (χ1n) is 4.14. The third-order valence-electron chi connectivity index (χ3n) is 1.56. The number of carboxylic acids is 1. The van der Waals surface area contributed by atoms with Crippen LogP contribution in [0.5, 0.6) is 0 Å². The van der Waals surface area contributed by atoms with Gasteiger partial charge in [0, 0.05) is 0 Å². The molecule has 0 unspecified atom stereocenters. The van der Waals surface area contributed by atoms with Crippen molar-refractivity contribution in [2.75, 3.05) is 6.79 Å². The standard InChI is InChI=1S/C7H13O8P/c1-7(2,3-5(8)9)6(10)14-4-15-16(11,12)13/h3-4H2,1-2H3,(H,8,9)(H2,11,12,13). The van der Waals surface area contributed by atoms with Crippen LogP contribution in [0.1, 0.15) is 20.3 Å². The van der Waals surface area contributed by atoms with E-state index in [0.717, 1.165) is 0 Å². The summed E-state index contributed by atoms with van der Waals surface area (Å²) >= 11 is 0. The molecule has 9 heteroatoms. The Bertz CT molecular complexity index is 316. The summed E-state index contributed by atoms with van der Waals surface area (Å²) in [6.45, 7) is 1.74. The van der Waals surface area contributed by atoms with Crippen molar-refractivity contribution in [3.63, 3.8) is 0 Å². The second-order valence-electron chi connectivity index (χ2n) is 3.62. The van der Waals surface area contributed by atoms with E-state index in [1.165, 1.54) is 13.8 Å². The van der Waals surface area contributed by atoms with E-state index < -0.39 is 38.4 Å². The molecular formula is C7H13O8P. The quantitative estimate of drug-likeness (QED) is 0.346. The van der Waals surface area contributed by atoms with Crippen LogP contribution >= 0.6 is 7.82 Å². The highest BCUT2D eigenvalue weighted by Crippen LogP contribution is 2.35. The van der Waals surface area contributed by atoms with Crippen molar-refractivity contribution in [2.45, 2.75) is 20.3 Å². The van der Waals surface area contributed by atoms with Gasteiger partial charge in [-0.25, -0.2) is 9.09 Å². The zero-order valence-corrected chi connectivity index (χ0v) is 9.64. The molecule has 8 nitrogen and oxygen atoms in total. The van der Waals surface area contributed by atoms with E-state index in [1.807, 2.05) is 0 Å². The number of carboxylic acid groups (broad SMARTS) is 1. The van der Waals surface area contributed by atoms with Crippen molar-refractivity contribution in [1.82, 2.24) is 0 Å². The Morgan fingerprint density at radius 2 is 1.81 bits per heavy atom. The minimum Gasteiger partial charge on any atom is -0.481 e. The number of ether oxygens (including phenoxy) is 1. The topological polar surface area (TPSA) is 130 Å². The summed E-state index contributed by atoms with van der Waals surface area (Å²) in [5, 5.41) is 8.49. The van der Waals surface area contributed by atoms with Crippen LogP contribution in [-0.4, -0.2) is 33.6 Å². The molecule has 0 amide bonds. The van der Waals surface area contributed by atoms with Crippen LogP contribution < -0.4 is 0 Å². The predicted octanol–water partition coefficient (Wildman–Crippen LogP) is 0.0973. The van der Waals surface area contributed by atoms with Gasteiger partial charge in [-0.1, -0.05) is 0 Å². The summed E-state index contributed by atoms with van der Waals surface area (Å²) in [5.41, 5.74) is -1.29. The van der Waals surface area contributed by atoms with E-state index in [0.29, 0.717) is 0 Å². The van der Waals surface area contributed by atoms with E-state index in [-0.39, 0.29) is 0 Å². The minimum atomic E-state index is -4.70. The highest BCUT2D eigenvalue weighted by atomic mass is 31.2. The predicted molar refractivity (Wildman–Crippen MR) is 50.1 cm³/mol. The van der Waals surface area contributed by atoms with Crippen LogP contribution in [-0.2, 0) is 23.4 Å². The Kier molecular flexibility index (Phi) is 5.08. The van der Waals surface area contributed by atoms with Crippen LogP contribution in [0.4, 0.5) is 0 Å². The molecule has 0 saturated carbocycles. The zero-order valence-electron chi connectivity index (χ0n) is 8.74. The van der Waals surface area contributed by atoms with Crippen LogP contribution in [0.25, 0.3) is 0 Å². The van der Waals surface area contributed by atoms with Gasteiger partial charge in [0.05, 0.1) is 11.8 Å². The third kappa shape index (κ3) is 6.52. The average Bonchev–Trinajstić information content (AvgIpc) is 1.98. The van der Waals surface area contributed by atoms with Gasteiger partial charge in [0.1, 0.15) is 0 Å². The number of aliphatic carboxylic acids is 1. The first kappa shape index (κ1) is 15.0. The second kappa shape index (κ2) is 5.40. The van der Waals surface area contributed by atoms with Gasteiger partial charge in [0.2, 0.25) is 6.79 Å². The Balaban J connectivity index is 4.15. The molecule has 0 saturated heterocycles. The lowest BCUT2D eigenvalue weighted by molar-refractivity contribution is -0.165. The highest BCUT2D eigenvalue weighted by Gasteiger charge is 2.32. The maximum atomic E-state index is 11.3. The summed E-state index contributed by atoms with van der Waals surface area (Å²) < 4.78 is 18.5. The molecule has 0 aliphatic carbocycles. The maximum Gasteiger partial charge on any atom is 0.472 e. The molecule has 0 aromatic rings. The van der Waals surface area contributed by atoms with Gasteiger partial charge in [-0.2, -0.15) is 0 Å². The van der Waals surface area contributed by atoms with E-state index in [9.17, 15) is 14.2 Å². The Labute approximate surface area is 91.4 Å². The normalized spacial score (nSPS) is 12.2. The number of carbonyl (C=O) groups excluding carboxylic acids is 1. The smallest absolute Gasteiger partial charge is 0.472 e. The number of hydrogen-bond acceptors (Lipinski definition) is 5. The van der Waals surface area contributed by atoms with Crippen molar-refractivity contribution in [2.24, 2.45) is 5.41 Å². The fourth-order valence-corrected chi connectivity index (χ4v) is 0.984. The average molecular weight is 256 g/mol. The number of carbonyl (C=O) groups is 2. The van der Waals surface area contributed by atoms with Crippen molar-refractivity contribution in [3.8, 4) is 0 Å². The summed E-state index contributed by atoms with van der Waals surface area (Å²) in [4.78, 5) is 38.2. The van der Waals surface area contributed by atoms with Gasteiger partial charge in [-0.05, 0) is 13.8 Å². The molecule has 0 aliphatic rings. The molecule has 0 fully saturated rings. The zero-order chi connectivity index (χ0) is 13.0. The molecule has 0 bridgehead atoms. The molecule has 3 N–H and O–H groups in total. The monoisotopic (exact) mass is 256 g/mol. The summed E-state index contributed by atoms with van der Waals surface area (Å²) in [6.07, 6.45) is -0.457. The van der Waals surface area contributed by atoms with Crippen LogP contribution in [0.3, 0.4) is 0 Å². The first-order valence-corrected chi connectivity index (χ1v) is 5.67. The van der Waals surface area contributed by atoms with Gasteiger partial charge < -0.3 is 19.6 Å². The Hall–Kier alpha value is -0.950. The van der Waals surface area contributed by atoms with Crippen molar-refractivity contribution in [1.29, 1.82) is 0 Å². The maximum absolute atomic E-state index is 11.3. The van der Waals surface area contributed by atoms with E-state index in [2.05, 4.69) is 9.26 Å². The molecule has 0 aromatic carbocycles. The molecule has 0 spiro atoms. The van der Waals surface area contributed by atoms with E-state index in [1.54, 1.807) is 0 Å². The van der Waals surface area contributed by atoms with E-state index in [4.69, 9.17) is 14.9 Å². The molecule has 0 rings (SSSR count). The first-order chi connectivity index (χ1) is 7.04. The number of esters is 1. The molecule has 0 atom stereocenters.